The third-order valence-electron chi connectivity index (χ3n) is 3.50. The number of aromatic nitrogens is 2. The number of hydrogen-bond donors (Lipinski definition) is 5. The molecule has 14 nitrogen and oxygen atoms in total. The smallest absolute Gasteiger partial charge is 0.317 e. The maximum Gasteiger partial charge on any atom is 0.490 e. The number of aromatic amines is 1. The zero-order valence-corrected chi connectivity index (χ0v) is 18.2. The predicted molar refractivity (Wildman–Crippen MR) is 93.9 cm³/mol. The molecule has 1 aromatic rings. The highest BCUT2D eigenvalue weighted by atomic mass is 32.1. The fourth-order valence-electron chi connectivity index (χ4n) is 2.27. The number of phosphoric ester groups is 1. The molecule has 1 aliphatic heterocycles. The number of H-pyrrole nitrogens is 1. The number of aryl methyl sites for hydroxylation is 1. The number of nitrogens with zero attached hydrogens (tertiary/aromatic N) is 1. The Morgan fingerprint density at radius 2 is 1.90 bits per heavy atom. The molecule has 0 aromatic carbocycles. The Hall–Kier alpha value is -0.670. The quantitative estimate of drug-likeness (QED) is 0.244. The Bertz CT molecular complexity index is 1070. The van der Waals surface area contributed by atoms with Crippen molar-refractivity contribution in [1.82, 2.24) is 9.55 Å². The minimum Gasteiger partial charge on any atom is -0.317 e. The van der Waals surface area contributed by atoms with Gasteiger partial charge in [-0.2, -0.15) is 8.62 Å². The lowest BCUT2D eigenvalue weighted by Gasteiger charge is -2.24. The van der Waals surface area contributed by atoms with E-state index in [1.165, 1.54) is 13.1 Å². The van der Waals surface area contributed by atoms with E-state index in [0.717, 1.165) is 4.57 Å². The third-order valence-corrected chi connectivity index (χ3v) is 7.60. The Morgan fingerprint density at radius 1 is 1.30 bits per heavy atom. The lowest BCUT2D eigenvalue weighted by molar-refractivity contribution is -0.193. The molecule has 2 heterocycles. The Kier molecular flexibility index (Phi) is 7.42. The summed E-state index contributed by atoms with van der Waals surface area (Å²) in [4.78, 5) is 49.0. The second-order valence-electron chi connectivity index (χ2n) is 5.91. The van der Waals surface area contributed by atoms with Crippen molar-refractivity contribution in [3.63, 3.8) is 0 Å². The molecular weight excluding hydrogens is 503 g/mol. The van der Waals surface area contributed by atoms with Crippen molar-refractivity contribution in [2.75, 3.05) is 6.61 Å². The van der Waals surface area contributed by atoms with Gasteiger partial charge in [0.25, 0.3) is 11.4 Å². The minimum absolute atomic E-state index is 0.146. The average Bonchev–Trinajstić information content (AvgIpc) is 2.81. The van der Waals surface area contributed by atoms with E-state index in [1.807, 2.05) is 0 Å². The first-order valence-electron chi connectivity index (χ1n) is 7.54. The minimum atomic E-state index is -5.82. The normalized spacial score (nSPS) is 28.8. The fraction of sp³-hybridized carbons (Fsp3) is 0.600. The van der Waals surface area contributed by atoms with Crippen molar-refractivity contribution in [1.29, 1.82) is 0 Å². The van der Waals surface area contributed by atoms with E-state index < -0.39 is 60.3 Å². The average molecular weight is 518 g/mol. The molecule has 0 amide bonds. The summed E-state index contributed by atoms with van der Waals surface area (Å²) in [6.07, 6.45) is -3.32. The summed E-state index contributed by atoms with van der Waals surface area (Å²) < 4.78 is 79.1. The lowest BCUT2D eigenvalue weighted by atomic mass is 10.2. The van der Waals surface area contributed by atoms with Crippen LogP contribution in [0.2, 0.25) is 0 Å². The van der Waals surface area contributed by atoms with Crippen molar-refractivity contribution in [2.24, 2.45) is 0 Å². The lowest BCUT2D eigenvalue weighted by Crippen LogP contribution is -2.36. The molecule has 1 aromatic heterocycles. The Morgan fingerprint density at radius 3 is 2.47 bits per heavy atom. The Labute approximate surface area is 170 Å². The molecule has 0 saturated carbocycles. The maximum absolute atomic E-state index is 14.8. The summed E-state index contributed by atoms with van der Waals surface area (Å²) in [6.45, 7) is -0.242. The van der Waals surface area contributed by atoms with Crippen LogP contribution in [-0.2, 0) is 31.6 Å². The summed E-state index contributed by atoms with van der Waals surface area (Å²) in [6, 6.07) is 0. The molecule has 172 valence electrons. The maximum atomic E-state index is 14.8. The van der Waals surface area contributed by atoms with E-state index in [1.54, 1.807) is 0 Å². The Balaban J connectivity index is 2.11. The second-order valence-corrected chi connectivity index (χ2v) is 10.7. The van der Waals surface area contributed by atoms with Crippen molar-refractivity contribution in [3.05, 3.63) is 26.9 Å². The molecule has 0 spiro atoms. The van der Waals surface area contributed by atoms with E-state index in [9.17, 15) is 32.2 Å². The summed E-state index contributed by atoms with van der Waals surface area (Å²) in [5.74, 6) is -3.35. The first kappa shape index (κ1) is 25.6. The fourth-order valence-corrected chi connectivity index (χ4v) is 5.57. The monoisotopic (exact) mass is 518 g/mol. The third kappa shape index (κ3) is 6.66. The van der Waals surface area contributed by atoms with Crippen LogP contribution in [0.3, 0.4) is 0 Å². The van der Waals surface area contributed by atoms with Gasteiger partial charge in [-0.05, 0) is 19.1 Å². The highest BCUT2D eigenvalue weighted by molar-refractivity contribution is 7.71. The van der Waals surface area contributed by atoms with E-state index in [2.05, 4.69) is 18.1 Å². The molecule has 1 saturated heterocycles. The van der Waals surface area contributed by atoms with Crippen molar-refractivity contribution in [3.8, 4) is 0 Å². The molecule has 1 fully saturated rings. The van der Waals surface area contributed by atoms with Gasteiger partial charge in [-0.15, -0.1) is 0 Å². The van der Waals surface area contributed by atoms with Gasteiger partial charge in [0.15, 0.2) is 10.9 Å². The van der Waals surface area contributed by atoms with Crippen LogP contribution < -0.4 is 5.56 Å². The molecule has 20 heteroatoms. The first-order valence-corrected chi connectivity index (χ1v) is 12.5. The van der Waals surface area contributed by atoms with Crippen molar-refractivity contribution < 1.29 is 59.9 Å². The van der Waals surface area contributed by atoms with E-state index in [-0.39, 0.29) is 10.3 Å². The number of phosphoric acid groups is 3. The summed E-state index contributed by atoms with van der Waals surface area (Å²) in [5, 5.41) is 0. The van der Waals surface area contributed by atoms with Crippen LogP contribution in [-0.4, -0.2) is 47.8 Å². The zero-order chi connectivity index (χ0) is 23.1. The molecule has 2 unspecified atom stereocenters. The van der Waals surface area contributed by atoms with Gasteiger partial charge in [-0.3, -0.25) is 18.9 Å². The van der Waals surface area contributed by atoms with Gasteiger partial charge in [0.1, 0.15) is 12.8 Å². The second kappa shape index (κ2) is 8.70. The highest BCUT2D eigenvalue weighted by Crippen LogP contribution is 2.66. The molecule has 0 radical (unpaired) electrons. The topological polar surface area (TPSA) is 207 Å². The van der Waals surface area contributed by atoms with Gasteiger partial charge >= 0.3 is 23.5 Å². The SMILES string of the molecule is Cc1cn([C@H]2C[C@H](F)[C@@](F)(COP(=O)(O)OP(=O)(O)OP(=O)(O)O)O2)c(=S)[nH]c1=O. The molecule has 2 rings (SSSR count). The molecule has 5 N–H and O–H groups in total. The van der Waals surface area contributed by atoms with Crippen LogP contribution in [0.4, 0.5) is 8.78 Å². The van der Waals surface area contributed by atoms with Crippen molar-refractivity contribution in [2.45, 2.75) is 31.6 Å². The highest BCUT2D eigenvalue weighted by Gasteiger charge is 2.53. The number of hydrogen-bond acceptors (Lipinski definition) is 9. The van der Waals surface area contributed by atoms with Crippen LogP contribution in [0.1, 0.15) is 18.2 Å². The van der Waals surface area contributed by atoms with Crippen LogP contribution in [0.5, 0.6) is 0 Å². The number of halogens is 2. The van der Waals surface area contributed by atoms with E-state index >= 15 is 0 Å². The first-order chi connectivity index (χ1) is 13.4. The van der Waals surface area contributed by atoms with Gasteiger partial charge in [-0.1, -0.05) is 0 Å². The van der Waals surface area contributed by atoms with Gasteiger partial charge < -0.3 is 24.3 Å². The number of nitrogens with one attached hydrogen (secondary N) is 1. The van der Waals surface area contributed by atoms with Crippen molar-refractivity contribution >= 4 is 35.7 Å². The summed E-state index contributed by atoms with van der Waals surface area (Å²) in [7, 11) is -17.1. The molecule has 0 bridgehead atoms. The largest absolute Gasteiger partial charge is 0.490 e. The van der Waals surface area contributed by atoms with Gasteiger partial charge in [0, 0.05) is 18.2 Å². The number of ether oxygens (including phenoxy) is 1. The summed E-state index contributed by atoms with van der Waals surface area (Å²) in [5.41, 5.74) is -0.391. The molecular formula is C10H15F2N2O12P3S. The standard InChI is InChI=1S/C10H15F2N2O12P3S/c1-5-3-14(9(30)13-8(5)15)7-2-6(11)10(12,24-7)4-23-28(19,20)26-29(21,22)25-27(16,17)18/h3,6-7H,2,4H2,1H3,(H,19,20)(H,21,22)(H,13,15,30)(H2,16,17,18)/t6-,7+,10+/m0/s1. The zero-order valence-electron chi connectivity index (χ0n) is 14.7. The van der Waals surface area contributed by atoms with Crippen LogP contribution in [0.25, 0.3) is 0 Å². The van der Waals surface area contributed by atoms with Gasteiger partial charge in [0.2, 0.25) is 0 Å². The van der Waals surface area contributed by atoms with Gasteiger partial charge in [0.05, 0.1) is 0 Å². The number of alkyl halides is 2. The molecule has 30 heavy (non-hydrogen) atoms. The summed E-state index contributed by atoms with van der Waals surface area (Å²) >= 11 is 4.89. The predicted octanol–water partition coefficient (Wildman–Crippen LogP) is 1.48. The van der Waals surface area contributed by atoms with Crippen LogP contribution >= 0.6 is 35.7 Å². The van der Waals surface area contributed by atoms with Gasteiger partial charge in [-0.25, -0.2) is 22.5 Å². The molecule has 5 atom stereocenters. The molecule has 0 aliphatic carbocycles. The molecule has 1 aliphatic rings. The van der Waals surface area contributed by atoms with E-state index in [4.69, 9.17) is 31.6 Å². The van der Waals surface area contributed by atoms with Crippen LogP contribution in [0, 0.1) is 11.7 Å². The van der Waals surface area contributed by atoms with E-state index in [0.29, 0.717) is 0 Å². The van der Waals surface area contributed by atoms with Crippen LogP contribution in [0.15, 0.2) is 11.0 Å². The number of rotatable bonds is 8.